The summed E-state index contributed by atoms with van der Waals surface area (Å²) in [4.78, 5) is 15.4. The fraction of sp³-hybridized carbons (Fsp3) is 0.269. The van der Waals surface area contributed by atoms with E-state index in [1.807, 2.05) is 58.1 Å². The molecular formula is C26H25N3O2S. The Morgan fingerprint density at radius 1 is 1.03 bits per heavy atom. The number of hydrogen-bond acceptors (Lipinski definition) is 5. The van der Waals surface area contributed by atoms with Crippen LogP contribution in [0.2, 0.25) is 0 Å². The zero-order valence-corrected chi connectivity index (χ0v) is 18.6. The third kappa shape index (κ3) is 4.50. The topological polar surface area (TPSA) is 59.2 Å². The van der Waals surface area contributed by atoms with Crippen LogP contribution >= 0.6 is 11.3 Å². The molecule has 6 heteroatoms. The molecule has 1 saturated heterocycles. The van der Waals surface area contributed by atoms with E-state index in [2.05, 4.69) is 34.5 Å². The van der Waals surface area contributed by atoms with Gasteiger partial charge in [0.05, 0.1) is 5.92 Å². The summed E-state index contributed by atoms with van der Waals surface area (Å²) < 4.78 is 5.96. The predicted molar refractivity (Wildman–Crippen MR) is 126 cm³/mol. The number of amides is 1. The predicted octanol–water partition coefficient (Wildman–Crippen LogP) is 5.73. The maximum absolute atomic E-state index is 13.4. The number of benzene rings is 2. The highest BCUT2D eigenvalue weighted by molar-refractivity contribution is 7.08. The molecule has 1 atom stereocenters. The van der Waals surface area contributed by atoms with Crippen molar-refractivity contribution in [3.05, 3.63) is 94.5 Å². The number of rotatable bonds is 6. The Kier molecular flexibility index (Phi) is 6.12. The summed E-state index contributed by atoms with van der Waals surface area (Å²) in [7, 11) is 0. The van der Waals surface area contributed by atoms with E-state index in [-0.39, 0.29) is 17.7 Å². The average Bonchev–Trinajstić information content (AvgIpc) is 3.56. The molecule has 162 valence electrons. The Balaban J connectivity index is 1.31. The number of nitrogens with zero attached hydrogens (tertiary/aromatic N) is 3. The van der Waals surface area contributed by atoms with Gasteiger partial charge in [-0.15, -0.1) is 10.2 Å². The first-order valence-corrected chi connectivity index (χ1v) is 12.0. The number of likely N-dealkylation sites (tertiary alicyclic amines) is 1. The molecule has 0 N–H and O–H groups in total. The molecule has 5 nitrogen and oxygen atoms in total. The molecule has 0 saturated carbocycles. The van der Waals surface area contributed by atoms with E-state index in [4.69, 9.17) is 4.42 Å². The zero-order valence-electron chi connectivity index (χ0n) is 17.8. The summed E-state index contributed by atoms with van der Waals surface area (Å²) in [5.41, 5.74) is 3.28. The van der Waals surface area contributed by atoms with Crippen molar-refractivity contribution in [3.8, 4) is 11.5 Å². The summed E-state index contributed by atoms with van der Waals surface area (Å²) >= 11 is 1.60. The van der Waals surface area contributed by atoms with Crippen LogP contribution in [0.1, 0.15) is 48.1 Å². The maximum Gasteiger partial charge on any atom is 0.248 e. The van der Waals surface area contributed by atoms with Gasteiger partial charge < -0.3 is 9.32 Å². The van der Waals surface area contributed by atoms with Crippen molar-refractivity contribution in [3.63, 3.8) is 0 Å². The van der Waals surface area contributed by atoms with Gasteiger partial charge in [0, 0.05) is 36.4 Å². The first-order valence-electron chi connectivity index (χ1n) is 11.0. The van der Waals surface area contributed by atoms with Crippen LogP contribution in [0.3, 0.4) is 0 Å². The molecular weight excluding hydrogens is 418 g/mol. The number of aromatic nitrogens is 2. The number of carbonyl (C=O) groups is 1. The molecule has 1 amide bonds. The van der Waals surface area contributed by atoms with Gasteiger partial charge in [0.25, 0.3) is 0 Å². The number of thiophene rings is 1. The number of carbonyl (C=O) groups excluding carboxylic acids is 1. The van der Waals surface area contributed by atoms with Crippen LogP contribution in [0.4, 0.5) is 0 Å². The van der Waals surface area contributed by atoms with E-state index < -0.39 is 0 Å². The molecule has 1 unspecified atom stereocenters. The second-order valence-corrected chi connectivity index (χ2v) is 8.99. The van der Waals surface area contributed by atoms with E-state index in [9.17, 15) is 4.79 Å². The lowest BCUT2D eigenvalue weighted by atomic mass is 9.87. The monoisotopic (exact) mass is 443 g/mol. The van der Waals surface area contributed by atoms with Gasteiger partial charge in [0.2, 0.25) is 17.7 Å². The largest absolute Gasteiger partial charge is 0.420 e. The van der Waals surface area contributed by atoms with E-state index in [0.29, 0.717) is 24.7 Å². The molecule has 1 aliphatic rings. The highest BCUT2D eigenvalue weighted by Gasteiger charge is 2.30. The zero-order chi connectivity index (χ0) is 21.8. The van der Waals surface area contributed by atoms with Crippen molar-refractivity contribution >= 4 is 17.2 Å². The van der Waals surface area contributed by atoms with Gasteiger partial charge in [0.1, 0.15) is 0 Å². The normalized spacial score (nSPS) is 16.4. The Labute approximate surface area is 191 Å². The molecule has 2 aromatic carbocycles. The molecule has 2 aromatic heterocycles. The van der Waals surface area contributed by atoms with E-state index in [1.165, 1.54) is 0 Å². The van der Waals surface area contributed by atoms with Crippen LogP contribution < -0.4 is 0 Å². The minimum absolute atomic E-state index is 0.0406. The Morgan fingerprint density at radius 2 is 1.75 bits per heavy atom. The standard InChI is InChI=1S/C26H25N3O2S/c30-24(16-23(19-8-3-1-4-9-19)20-10-5-2-6-11-20)29-14-7-12-21(17-29)25-27-28-26(31-25)22-13-15-32-18-22/h1-6,8-11,13,15,18,21,23H,7,12,14,16-17H2. The van der Waals surface area contributed by atoms with Gasteiger partial charge in [-0.1, -0.05) is 60.7 Å². The van der Waals surface area contributed by atoms with Crippen molar-refractivity contribution in [1.82, 2.24) is 15.1 Å². The molecule has 32 heavy (non-hydrogen) atoms. The quantitative estimate of drug-likeness (QED) is 0.382. The van der Waals surface area contributed by atoms with Crippen molar-refractivity contribution in [1.29, 1.82) is 0 Å². The Morgan fingerprint density at radius 3 is 2.41 bits per heavy atom. The van der Waals surface area contributed by atoms with Gasteiger partial charge >= 0.3 is 0 Å². The number of piperidine rings is 1. The smallest absolute Gasteiger partial charge is 0.248 e. The fourth-order valence-corrected chi connectivity index (χ4v) is 5.04. The third-order valence-electron chi connectivity index (χ3n) is 6.11. The third-order valence-corrected chi connectivity index (χ3v) is 6.80. The number of hydrogen-bond donors (Lipinski definition) is 0. The first kappa shape index (κ1) is 20.6. The highest BCUT2D eigenvalue weighted by atomic mass is 32.1. The van der Waals surface area contributed by atoms with Gasteiger partial charge in [-0.3, -0.25) is 4.79 Å². The lowest BCUT2D eigenvalue weighted by Gasteiger charge is -2.32. The molecule has 3 heterocycles. The van der Waals surface area contributed by atoms with E-state index in [1.54, 1.807) is 11.3 Å². The Hall–Kier alpha value is -3.25. The Bertz CT molecular complexity index is 1100. The molecule has 4 aromatic rings. The molecule has 1 fully saturated rings. The van der Waals surface area contributed by atoms with Gasteiger partial charge in [-0.05, 0) is 35.4 Å². The highest BCUT2D eigenvalue weighted by Crippen LogP contribution is 2.32. The molecule has 0 radical (unpaired) electrons. The van der Waals surface area contributed by atoms with Crippen molar-refractivity contribution < 1.29 is 9.21 Å². The molecule has 1 aliphatic heterocycles. The van der Waals surface area contributed by atoms with Crippen LogP contribution in [0.25, 0.3) is 11.5 Å². The van der Waals surface area contributed by atoms with Crippen LogP contribution in [-0.4, -0.2) is 34.1 Å². The van der Waals surface area contributed by atoms with Crippen molar-refractivity contribution in [2.24, 2.45) is 0 Å². The van der Waals surface area contributed by atoms with E-state index in [0.717, 1.165) is 36.1 Å². The van der Waals surface area contributed by atoms with Crippen LogP contribution in [0.15, 0.2) is 81.9 Å². The average molecular weight is 444 g/mol. The summed E-state index contributed by atoms with van der Waals surface area (Å²) in [6, 6.07) is 22.6. The molecule has 0 spiro atoms. The first-order chi connectivity index (χ1) is 15.8. The fourth-order valence-electron chi connectivity index (χ4n) is 4.41. The molecule has 0 aliphatic carbocycles. The van der Waals surface area contributed by atoms with Crippen molar-refractivity contribution in [2.45, 2.75) is 31.1 Å². The lowest BCUT2D eigenvalue weighted by Crippen LogP contribution is -2.39. The second kappa shape index (κ2) is 9.49. The minimum Gasteiger partial charge on any atom is -0.420 e. The molecule has 5 rings (SSSR count). The molecule has 0 bridgehead atoms. The van der Waals surface area contributed by atoms with Gasteiger partial charge in [0.15, 0.2) is 0 Å². The van der Waals surface area contributed by atoms with Crippen LogP contribution in [-0.2, 0) is 4.79 Å². The van der Waals surface area contributed by atoms with Crippen LogP contribution in [0, 0.1) is 0 Å². The summed E-state index contributed by atoms with van der Waals surface area (Å²) in [5.74, 6) is 1.48. The van der Waals surface area contributed by atoms with Crippen molar-refractivity contribution in [2.75, 3.05) is 13.1 Å². The summed E-state index contributed by atoms with van der Waals surface area (Å²) in [6.45, 7) is 1.40. The van der Waals surface area contributed by atoms with E-state index >= 15 is 0 Å². The summed E-state index contributed by atoms with van der Waals surface area (Å²) in [6.07, 6.45) is 2.34. The van der Waals surface area contributed by atoms with Gasteiger partial charge in [-0.25, -0.2) is 0 Å². The maximum atomic E-state index is 13.4. The SMILES string of the molecule is O=C(CC(c1ccccc1)c1ccccc1)N1CCCC(c2nnc(-c3ccsc3)o2)C1. The summed E-state index contributed by atoms with van der Waals surface area (Å²) in [5, 5.41) is 12.5. The van der Waals surface area contributed by atoms with Crippen LogP contribution in [0.5, 0.6) is 0 Å². The van der Waals surface area contributed by atoms with Gasteiger partial charge in [-0.2, -0.15) is 11.3 Å². The lowest BCUT2D eigenvalue weighted by molar-refractivity contribution is -0.132. The second-order valence-electron chi connectivity index (χ2n) is 8.21. The minimum atomic E-state index is 0.0406.